The van der Waals surface area contributed by atoms with E-state index >= 15 is 0 Å². The lowest BCUT2D eigenvalue weighted by Gasteiger charge is -2.23. The molecule has 0 aromatic heterocycles. The maximum Gasteiger partial charge on any atom is 0.269 e. The average Bonchev–Trinajstić information content (AvgIpc) is 2.86. The van der Waals surface area contributed by atoms with Crippen molar-refractivity contribution < 1.29 is 29.2 Å². The Labute approximate surface area is 198 Å². The quantitative estimate of drug-likeness (QED) is 0.119. The van der Waals surface area contributed by atoms with E-state index in [4.69, 9.17) is 9.47 Å². The number of aryl methyl sites for hydroxylation is 1. The lowest BCUT2D eigenvalue weighted by atomic mass is 9.92. The highest BCUT2D eigenvalue weighted by Crippen LogP contribution is 2.18. The molecule has 0 fully saturated rings. The van der Waals surface area contributed by atoms with Crippen molar-refractivity contribution in [2.45, 2.75) is 38.6 Å². The molecular formula is C24H31N3O7. The van der Waals surface area contributed by atoms with Crippen molar-refractivity contribution in [3.63, 3.8) is 0 Å². The molecule has 0 saturated heterocycles. The number of hydrogen-bond acceptors (Lipinski definition) is 7. The monoisotopic (exact) mass is 473 g/mol. The van der Waals surface area contributed by atoms with Crippen molar-refractivity contribution in [2.24, 2.45) is 5.92 Å². The van der Waals surface area contributed by atoms with Gasteiger partial charge in [0, 0.05) is 30.2 Å². The van der Waals surface area contributed by atoms with Gasteiger partial charge in [-0.15, -0.1) is 0 Å². The molecule has 2 rings (SSSR count). The summed E-state index contributed by atoms with van der Waals surface area (Å²) in [4.78, 5) is 35.3. The Morgan fingerprint density at radius 3 is 2.41 bits per heavy atom. The van der Waals surface area contributed by atoms with E-state index in [1.165, 1.54) is 24.3 Å². The Kier molecular flexibility index (Phi) is 11.7. The number of hydroxylamine groups is 1. The van der Waals surface area contributed by atoms with Gasteiger partial charge in [-0.05, 0) is 50.3 Å². The molecule has 0 saturated carbocycles. The number of nitro groups is 1. The summed E-state index contributed by atoms with van der Waals surface area (Å²) < 4.78 is 10.7. The zero-order valence-electron chi connectivity index (χ0n) is 19.1. The fraction of sp³-hybridized carbons (Fsp3) is 0.417. The largest absolute Gasteiger partial charge is 0.356 e. The van der Waals surface area contributed by atoms with Crippen LogP contribution in [0.3, 0.4) is 0 Å². The third-order valence-corrected chi connectivity index (χ3v) is 5.28. The summed E-state index contributed by atoms with van der Waals surface area (Å²) in [6, 6.07) is 14.5. The van der Waals surface area contributed by atoms with Gasteiger partial charge in [-0.3, -0.25) is 24.9 Å². The van der Waals surface area contributed by atoms with Gasteiger partial charge in [0.1, 0.15) is 6.79 Å². The van der Waals surface area contributed by atoms with Crippen LogP contribution in [-0.2, 0) is 20.7 Å². The van der Waals surface area contributed by atoms with Crippen molar-refractivity contribution in [2.75, 3.05) is 20.0 Å². The van der Waals surface area contributed by atoms with Crippen LogP contribution >= 0.6 is 0 Å². The van der Waals surface area contributed by atoms with Gasteiger partial charge in [-0.2, -0.15) is 0 Å². The highest BCUT2D eigenvalue weighted by Gasteiger charge is 2.25. The molecular weight excluding hydrogens is 442 g/mol. The normalized spacial score (nSPS) is 12.5. The summed E-state index contributed by atoms with van der Waals surface area (Å²) in [7, 11) is 0. The van der Waals surface area contributed by atoms with Gasteiger partial charge in [0.15, 0.2) is 0 Å². The van der Waals surface area contributed by atoms with E-state index in [0.29, 0.717) is 19.4 Å². The first kappa shape index (κ1) is 26.9. The first-order valence-corrected chi connectivity index (χ1v) is 11.1. The number of hydrogen-bond donors (Lipinski definition) is 3. The Balaban J connectivity index is 2.04. The summed E-state index contributed by atoms with van der Waals surface area (Å²) in [5, 5.41) is 22.9. The standard InChI is InChI=1S/C24H31N3O7/c1-2-33-17-34-16-21(25-23(28)19-11-13-22(14-12-19)27(31)32)15-20(24(29)26-30)10-6-9-18-7-4-3-5-8-18/h3-5,7-8,11-14,20-21,30H,2,6,9-10,15-17H2,1H3,(H,25,28)(H,26,29). The molecule has 3 N–H and O–H groups in total. The van der Waals surface area contributed by atoms with Crippen molar-refractivity contribution in [3.8, 4) is 0 Å². The number of ether oxygens (including phenoxy) is 2. The molecule has 0 radical (unpaired) electrons. The number of benzene rings is 2. The van der Waals surface area contributed by atoms with Crippen molar-refractivity contribution >= 4 is 17.5 Å². The number of carbonyl (C=O) groups is 2. The molecule has 0 aliphatic rings. The first-order chi connectivity index (χ1) is 16.4. The fourth-order valence-electron chi connectivity index (χ4n) is 3.49. The van der Waals surface area contributed by atoms with E-state index in [-0.39, 0.29) is 31.1 Å². The lowest BCUT2D eigenvalue weighted by molar-refractivity contribution is -0.384. The third kappa shape index (κ3) is 9.26. The second-order valence-electron chi connectivity index (χ2n) is 7.74. The first-order valence-electron chi connectivity index (χ1n) is 11.1. The van der Waals surface area contributed by atoms with E-state index in [1.807, 2.05) is 37.3 Å². The Morgan fingerprint density at radius 2 is 1.79 bits per heavy atom. The number of rotatable bonds is 15. The van der Waals surface area contributed by atoms with Crippen LogP contribution in [0.5, 0.6) is 0 Å². The summed E-state index contributed by atoms with van der Waals surface area (Å²) in [6.07, 6.45) is 2.21. The zero-order valence-corrected chi connectivity index (χ0v) is 19.1. The number of carbonyl (C=O) groups excluding carboxylic acids is 2. The molecule has 0 spiro atoms. The van der Waals surface area contributed by atoms with Crippen molar-refractivity contribution in [1.82, 2.24) is 10.8 Å². The minimum Gasteiger partial charge on any atom is -0.356 e. The fourth-order valence-corrected chi connectivity index (χ4v) is 3.49. The Morgan fingerprint density at radius 1 is 1.09 bits per heavy atom. The van der Waals surface area contributed by atoms with Crippen molar-refractivity contribution in [3.05, 3.63) is 75.8 Å². The van der Waals surface area contributed by atoms with Gasteiger partial charge in [0.25, 0.3) is 11.6 Å². The van der Waals surface area contributed by atoms with Crippen LogP contribution in [0.4, 0.5) is 5.69 Å². The Hall–Kier alpha value is -3.34. The molecule has 2 aromatic rings. The second-order valence-corrected chi connectivity index (χ2v) is 7.74. The molecule has 184 valence electrons. The molecule has 2 amide bonds. The molecule has 0 aliphatic carbocycles. The second kappa shape index (κ2) is 14.7. The number of nitro benzene ring substituents is 1. The highest BCUT2D eigenvalue weighted by atomic mass is 16.7. The van der Waals surface area contributed by atoms with E-state index in [2.05, 4.69) is 5.32 Å². The van der Waals surface area contributed by atoms with Crippen molar-refractivity contribution in [1.29, 1.82) is 0 Å². The van der Waals surface area contributed by atoms with Crippen LogP contribution in [0.2, 0.25) is 0 Å². The molecule has 2 atom stereocenters. The topological polar surface area (TPSA) is 140 Å². The number of nitrogens with zero attached hydrogens (tertiary/aromatic N) is 1. The Bertz CT molecular complexity index is 907. The lowest BCUT2D eigenvalue weighted by Crippen LogP contribution is -2.42. The molecule has 10 heteroatoms. The van der Waals surface area contributed by atoms with E-state index in [9.17, 15) is 24.9 Å². The molecule has 34 heavy (non-hydrogen) atoms. The zero-order chi connectivity index (χ0) is 24.8. The molecule has 0 bridgehead atoms. The number of nitrogens with one attached hydrogen (secondary N) is 2. The van der Waals surface area contributed by atoms with Crippen LogP contribution in [-0.4, -0.2) is 48.0 Å². The minimum absolute atomic E-state index is 0.0330. The van der Waals surface area contributed by atoms with Crippen LogP contribution in [0.25, 0.3) is 0 Å². The van der Waals surface area contributed by atoms with Crippen LogP contribution in [0.15, 0.2) is 54.6 Å². The summed E-state index contributed by atoms with van der Waals surface area (Å²) in [5.74, 6) is -1.55. The average molecular weight is 474 g/mol. The predicted molar refractivity (Wildman–Crippen MR) is 124 cm³/mol. The van der Waals surface area contributed by atoms with E-state index < -0.39 is 28.7 Å². The van der Waals surface area contributed by atoms with Gasteiger partial charge >= 0.3 is 0 Å². The van der Waals surface area contributed by atoms with Gasteiger partial charge in [-0.1, -0.05) is 30.3 Å². The smallest absolute Gasteiger partial charge is 0.269 e. The predicted octanol–water partition coefficient (Wildman–Crippen LogP) is 3.24. The third-order valence-electron chi connectivity index (χ3n) is 5.28. The molecule has 0 aliphatic heterocycles. The molecule has 2 aromatic carbocycles. The molecule has 0 heterocycles. The highest BCUT2D eigenvalue weighted by molar-refractivity contribution is 5.94. The van der Waals surface area contributed by atoms with Crippen LogP contribution < -0.4 is 10.8 Å². The van der Waals surface area contributed by atoms with E-state index in [0.717, 1.165) is 12.0 Å². The maximum absolute atomic E-state index is 12.7. The van der Waals surface area contributed by atoms with Crippen LogP contribution in [0, 0.1) is 16.0 Å². The molecule has 10 nitrogen and oxygen atoms in total. The summed E-state index contributed by atoms with van der Waals surface area (Å²) in [5.41, 5.74) is 2.99. The maximum atomic E-state index is 12.7. The SMILES string of the molecule is CCOCOCC(CC(CCCc1ccccc1)C(=O)NO)NC(=O)c1ccc([N+](=O)[O-])cc1. The van der Waals surface area contributed by atoms with E-state index in [1.54, 1.807) is 5.48 Å². The van der Waals surface area contributed by atoms with Crippen LogP contribution in [0.1, 0.15) is 42.1 Å². The van der Waals surface area contributed by atoms with Gasteiger partial charge in [-0.25, -0.2) is 5.48 Å². The molecule has 2 unspecified atom stereocenters. The van der Waals surface area contributed by atoms with Gasteiger partial charge < -0.3 is 14.8 Å². The summed E-state index contributed by atoms with van der Waals surface area (Å²) in [6.45, 7) is 2.41. The van der Waals surface area contributed by atoms with Gasteiger partial charge in [0.05, 0.1) is 17.6 Å². The minimum atomic E-state index is -0.563. The number of non-ortho nitro benzene ring substituents is 1. The summed E-state index contributed by atoms with van der Waals surface area (Å²) >= 11 is 0. The number of amides is 2. The van der Waals surface area contributed by atoms with Gasteiger partial charge in [0.2, 0.25) is 5.91 Å².